The molecule has 0 aliphatic carbocycles. The highest BCUT2D eigenvalue weighted by Crippen LogP contribution is 2.37. The van der Waals surface area contributed by atoms with Crippen molar-refractivity contribution in [2.75, 3.05) is 70.5 Å². The number of nitrogens with zero attached hydrogens (tertiary/aromatic N) is 3. The quantitative estimate of drug-likeness (QED) is 0.428. The number of carbonyl (C=O) groups excluding carboxylic acids is 3. The van der Waals surface area contributed by atoms with Gasteiger partial charge in [-0.1, -0.05) is 50.0 Å². The van der Waals surface area contributed by atoms with Gasteiger partial charge in [0.1, 0.15) is 5.00 Å². The van der Waals surface area contributed by atoms with Gasteiger partial charge in [-0.25, -0.2) is 4.79 Å². The van der Waals surface area contributed by atoms with E-state index in [-0.39, 0.29) is 22.3 Å². The molecule has 0 atom stereocenters. The maximum absolute atomic E-state index is 13.6. The van der Waals surface area contributed by atoms with Crippen LogP contribution in [0.25, 0.3) is 0 Å². The molecule has 0 radical (unpaired) electrons. The number of urea groups is 1. The van der Waals surface area contributed by atoms with Crippen LogP contribution in [0.3, 0.4) is 0 Å². The lowest BCUT2D eigenvalue weighted by Crippen LogP contribution is -2.51. The van der Waals surface area contributed by atoms with E-state index in [1.54, 1.807) is 23.1 Å². The third kappa shape index (κ3) is 8.31. The second-order valence-electron chi connectivity index (χ2n) is 10.5. The molecule has 1 saturated heterocycles. The lowest BCUT2D eigenvalue weighted by molar-refractivity contribution is -0.122. The molecule has 3 rings (SSSR count). The molecule has 208 valence electrons. The summed E-state index contributed by atoms with van der Waals surface area (Å²) in [4.78, 5) is 45.4. The number of piperazine rings is 1. The molecule has 0 spiro atoms. The fourth-order valence-corrected chi connectivity index (χ4v) is 5.28. The van der Waals surface area contributed by atoms with Gasteiger partial charge in [0.2, 0.25) is 5.91 Å². The molecule has 38 heavy (non-hydrogen) atoms. The van der Waals surface area contributed by atoms with E-state index in [2.05, 4.69) is 36.7 Å². The monoisotopic (exact) mass is 582 g/mol. The lowest BCUT2D eigenvalue weighted by atomic mass is 9.94. The Morgan fingerprint density at radius 2 is 1.74 bits per heavy atom. The number of anilines is 2. The number of nitrogens with one attached hydrogen (secondary N) is 3. The van der Waals surface area contributed by atoms with Gasteiger partial charge < -0.3 is 20.4 Å². The number of rotatable bonds is 8. The van der Waals surface area contributed by atoms with Gasteiger partial charge in [0.25, 0.3) is 5.91 Å². The zero-order chi connectivity index (χ0) is 28.0. The Morgan fingerprint density at radius 1 is 1.05 bits per heavy atom. The van der Waals surface area contributed by atoms with E-state index in [0.29, 0.717) is 60.5 Å². The summed E-state index contributed by atoms with van der Waals surface area (Å²) in [5, 5.41) is 9.51. The molecular weight excluding hydrogens is 547 g/mol. The van der Waals surface area contributed by atoms with Crippen LogP contribution in [0.15, 0.2) is 24.3 Å². The van der Waals surface area contributed by atoms with Gasteiger partial charge in [-0.3, -0.25) is 19.8 Å². The number of hydrogen-bond donors (Lipinski definition) is 3. The van der Waals surface area contributed by atoms with E-state index in [1.165, 1.54) is 11.3 Å². The number of thiophene rings is 1. The molecule has 2 heterocycles. The summed E-state index contributed by atoms with van der Waals surface area (Å²) in [6.07, 6.45) is 0. The van der Waals surface area contributed by atoms with Crippen molar-refractivity contribution in [2.24, 2.45) is 0 Å². The molecule has 0 unspecified atom stereocenters. The first-order chi connectivity index (χ1) is 17.8. The number of carbonyl (C=O) groups is 3. The summed E-state index contributed by atoms with van der Waals surface area (Å²) in [5.74, 6) is -0.167. The zero-order valence-corrected chi connectivity index (χ0v) is 24.8. The Kier molecular flexibility index (Phi) is 10.4. The first-order valence-electron chi connectivity index (χ1n) is 12.4. The first kappa shape index (κ1) is 30.2. The summed E-state index contributed by atoms with van der Waals surface area (Å²) < 4.78 is 0. The second-order valence-corrected chi connectivity index (χ2v) is 12.3. The summed E-state index contributed by atoms with van der Waals surface area (Å²) in [5.41, 5.74) is 0.617. The zero-order valence-electron chi connectivity index (χ0n) is 22.5. The maximum Gasteiger partial charge on any atom is 0.324 e. The SMILES string of the molecule is CN(C)CCNC(=O)CN1CCN(C(=O)c2cc(C(C)(C)C)sc2NC(=O)Nc2cccc(Cl)c2Cl)CC1. The molecule has 4 amide bonds. The van der Waals surface area contributed by atoms with E-state index in [1.807, 2.05) is 30.0 Å². The van der Waals surface area contributed by atoms with Crippen molar-refractivity contribution in [3.05, 3.63) is 44.8 Å². The van der Waals surface area contributed by atoms with E-state index < -0.39 is 6.03 Å². The fraction of sp³-hybridized carbons (Fsp3) is 0.500. The Morgan fingerprint density at radius 3 is 2.37 bits per heavy atom. The predicted molar refractivity (Wildman–Crippen MR) is 156 cm³/mol. The van der Waals surface area contributed by atoms with Gasteiger partial charge in [-0.05, 0) is 37.7 Å². The minimum atomic E-state index is -0.518. The third-order valence-corrected chi connectivity index (χ3v) is 8.33. The van der Waals surface area contributed by atoms with Crippen LogP contribution >= 0.6 is 34.5 Å². The minimum Gasteiger partial charge on any atom is -0.354 e. The molecule has 0 saturated carbocycles. The number of amides is 4. The fourth-order valence-electron chi connectivity index (χ4n) is 3.83. The van der Waals surface area contributed by atoms with Gasteiger partial charge in [-0.2, -0.15) is 0 Å². The third-order valence-electron chi connectivity index (χ3n) is 6.04. The van der Waals surface area contributed by atoms with Crippen LogP contribution in [0, 0.1) is 0 Å². The Bertz CT molecular complexity index is 1160. The molecule has 2 aromatic rings. The normalized spacial score (nSPS) is 14.5. The average molecular weight is 584 g/mol. The number of likely N-dealkylation sites (N-methyl/N-ethyl adjacent to an activating group) is 1. The summed E-state index contributed by atoms with van der Waals surface area (Å²) in [6.45, 7) is 10.1. The van der Waals surface area contributed by atoms with Crippen molar-refractivity contribution in [1.82, 2.24) is 20.0 Å². The highest BCUT2D eigenvalue weighted by Gasteiger charge is 2.29. The molecule has 1 aliphatic rings. The molecule has 1 fully saturated rings. The van der Waals surface area contributed by atoms with Gasteiger partial charge in [0, 0.05) is 44.1 Å². The number of halogens is 2. The van der Waals surface area contributed by atoms with E-state index in [0.717, 1.165) is 11.4 Å². The van der Waals surface area contributed by atoms with Crippen LogP contribution in [-0.4, -0.2) is 92.5 Å². The molecule has 3 N–H and O–H groups in total. The predicted octanol–water partition coefficient (Wildman–Crippen LogP) is 4.43. The summed E-state index contributed by atoms with van der Waals surface area (Å²) in [6, 6.07) is 6.32. The summed E-state index contributed by atoms with van der Waals surface area (Å²) in [7, 11) is 3.92. The van der Waals surface area contributed by atoms with Gasteiger partial charge >= 0.3 is 6.03 Å². The largest absolute Gasteiger partial charge is 0.354 e. The van der Waals surface area contributed by atoms with Crippen LogP contribution in [-0.2, 0) is 10.2 Å². The Hall–Kier alpha value is -2.37. The maximum atomic E-state index is 13.6. The highest BCUT2D eigenvalue weighted by molar-refractivity contribution is 7.16. The van der Waals surface area contributed by atoms with Gasteiger partial charge in [-0.15, -0.1) is 11.3 Å². The van der Waals surface area contributed by atoms with Crippen molar-refractivity contribution < 1.29 is 14.4 Å². The standard InChI is InChI=1S/C26H36Cl2N6O3S/c1-26(2,3)20-15-17(23(38-20)31-25(37)30-19-8-6-7-18(27)22(19)28)24(36)34-13-11-33(12-14-34)16-21(35)29-9-10-32(4)5/h6-8,15H,9-14,16H2,1-5H3,(H,29,35)(H2,30,31,37). The molecule has 0 bridgehead atoms. The molecule has 12 heteroatoms. The minimum absolute atomic E-state index is 0.0171. The smallest absolute Gasteiger partial charge is 0.324 e. The molecule has 9 nitrogen and oxygen atoms in total. The van der Waals surface area contributed by atoms with Crippen molar-refractivity contribution in [1.29, 1.82) is 0 Å². The van der Waals surface area contributed by atoms with E-state index >= 15 is 0 Å². The van der Waals surface area contributed by atoms with Crippen LogP contribution in [0.2, 0.25) is 10.0 Å². The molecule has 1 aromatic heterocycles. The van der Waals surface area contributed by atoms with Crippen molar-refractivity contribution >= 4 is 63.1 Å². The van der Waals surface area contributed by atoms with Crippen molar-refractivity contribution in [2.45, 2.75) is 26.2 Å². The molecule has 1 aromatic carbocycles. The van der Waals surface area contributed by atoms with Crippen LogP contribution in [0.1, 0.15) is 36.0 Å². The molecule has 1 aliphatic heterocycles. The highest BCUT2D eigenvalue weighted by atomic mass is 35.5. The van der Waals surface area contributed by atoms with Crippen LogP contribution in [0.5, 0.6) is 0 Å². The van der Waals surface area contributed by atoms with Crippen LogP contribution < -0.4 is 16.0 Å². The van der Waals surface area contributed by atoms with E-state index in [4.69, 9.17) is 23.2 Å². The Balaban J connectivity index is 1.65. The van der Waals surface area contributed by atoms with Crippen molar-refractivity contribution in [3.63, 3.8) is 0 Å². The summed E-state index contributed by atoms with van der Waals surface area (Å²) >= 11 is 13.6. The lowest BCUT2D eigenvalue weighted by Gasteiger charge is -2.34. The average Bonchev–Trinajstić information content (AvgIpc) is 3.26. The number of benzene rings is 1. The van der Waals surface area contributed by atoms with Crippen LogP contribution in [0.4, 0.5) is 15.5 Å². The second kappa shape index (κ2) is 13.1. The van der Waals surface area contributed by atoms with Gasteiger partial charge in [0.05, 0.1) is 27.8 Å². The Labute approximate surface area is 238 Å². The first-order valence-corrected chi connectivity index (χ1v) is 14.0. The number of hydrogen-bond acceptors (Lipinski definition) is 6. The van der Waals surface area contributed by atoms with Gasteiger partial charge in [0.15, 0.2) is 0 Å². The molecular formula is C26H36Cl2N6O3S. The van der Waals surface area contributed by atoms with E-state index in [9.17, 15) is 14.4 Å². The topological polar surface area (TPSA) is 97.0 Å². The van der Waals surface area contributed by atoms with Crippen molar-refractivity contribution in [3.8, 4) is 0 Å².